The number of nitrogen functional groups attached to an aromatic ring is 1. The maximum atomic E-state index is 11.6. The molecule has 21 heavy (non-hydrogen) atoms. The van der Waals surface area contributed by atoms with Crippen LogP contribution in [0.2, 0.25) is 0 Å². The summed E-state index contributed by atoms with van der Waals surface area (Å²) >= 11 is 1.08. The van der Waals surface area contributed by atoms with Crippen LogP contribution in [0.3, 0.4) is 0 Å². The first-order valence-electron chi connectivity index (χ1n) is 6.00. The molecule has 9 heteroatoms. The molecule has 0 amide bonds. The summed E-state index contributed by atoms with van der Waals surface area (Å²) in [6.07, 6.45) is 0.497. The van der Waals surface area contributed by atoms with Gasteiger partial charge in [-0.15, -0.1) is 11.3 Å². The highest BCUT2D eigenvalue weighted by Gasteiger charge is 2.21. The lowest BCUT2D eigenvalue weighted by atomic mass is 10.2. The van der Waals surface area contributed by atoms with Gasteiger partial charge in [0.25, 0.3) is 0 Å². The Morgan fingerprint density at radius 2 is 2.38 bits per heavy atom. The van der Waals surface area contributed by atoms with E-state index in [2.05, 4.69) is 20.2 Å². The van der Waals surface area contributed by atoms with E-state index in [9.17, 15) is 4.79 Å². The van der Waals surface area contributed by atoms with Gasteiger partial charge >= 0.3 is 5.97 Å². The van der Waals surface area contributed by atoms with Gasteiger partial charge in [0.1, 0.15) is 21.5 Å². The Morgan fingerprint density at radius 1 is 1.62 bits per heavy atom. The van der Waals surface area contributed by atoms with Crippen molar-refractivity contribution in [1.82, 2.24) is 10.1 Å². The summed E-state index contributed by atoms with van der Waals surface area (Å²) in [5.41, 5.74) is 6.15. The molecule has 0 bridgehead atoms. The molecule has 2 aromatic heterocycles. The molecule has 0 unspecified atom stereocenters. The summed E-state index contributed by atoms with van der Waals surface area (Å²) in [6, 6.07) is 1.98. The van der Waals surface area contributed by atoms with E-state index < -0.39 is 5.97 Å². The topological polar surface area (TPSA) is 127 Å². The van der Waals surface area contributed by atoms with Gasteiger partial charge in [0.15, 0.2) is 5.82 Å². The van der Waals surface area contributed by atoms with Gasteiger partial charge in [-0.2, -0.15) is 10.2 Å². The number of aryl methyl sites for hydroxylation is 1. The van der Waals surface area contributed by atoms with Crippen LogP contribution < -0.4 is 11.1 Å². The molecule has 2 rings (SSSR count). The molecular formula is C12H13N5O3S. The minimum Gasteiger partial charge on any atom is -0.465 e. The average Bonchev–Trinajstić information content (AvgIpc) is 3.02. The maximum Gasteiger partial charge on any atom is 0.350 e. The van der Waals surface area contributed by atoms with Gasteiger partial charge in [0, 0.05) is 13.0 Å². The number of rotatable bonds is 5. The van der Waals surface area contributed by atoms with Crippen LogP contribution in [-0.4, -0.2) is 29.8 Å². The summed E-state index contributed by atoms with van der Waals surface area (Å²) in [5.74, 6) is 0.502. The Hall–Kier alpha value is -2.60. The fourth-order valence-electron chi connectivity index (χ4n) is 1.65. The van der Waals surface area contributed by atoms with Gasteiger partial charge in [0.05, 0.1) is 12.8 Å². The number of hydrogen-bond acceptors (Lipinski definition) is 9. The molecule has 0 saturated heterocycles. The quantitative estimate of drug-likeness (QED) is 0.792. The first-order chi connectivity index (χ1) is 10.1. The van der Waals surface area contributed by atoms with Crippen molar-refractivity contribution in [2.24, 2.45) is 0 Å². The third kappa shape index (κ3) is 3.11. The number of anilines is 2. The van der Waals surface area contributed by atoms with Crippen LogP contribution in [0.25, 0.3) is 0 Å². The highest BCUT2D eigenvalue weighted by Crippen LogP contribution is 2.35. The third-order valence-corrected chi connectivity index (χ3v) is 3.77. The van der Waals surface area contributed by atoms with Crippen molar-refractivity contribution in [3.8, 4) is 6.07 Å². The molecule has 0 atom stereocenters. The van der Waals surface area contributed by atoms with Crippen molar-refractivity contribution in [3.63, 3.8) is 0 Å². The zero-order valence-corrected chi connectivity index (χ0v) is 12.3. The van der Waals surface area contributed by atoms with E-state index >= 15 is 0 Å². The molecule has 8 nitrogen and oxygen atoms in total. The summed E-state index contributed by atoms with van der Waals surface area (Å²) < 4.78 is 9.61. The van der Waals surface area contributed by atoms with Gasteiger partial charge < -0.3 is 20.3 Å². The van der Waals surface area contributed by atoms with Crippen molar-refractivity contribution in [3.05, 3.63) is 22.2 Å². The Balaban J connectivity index is 2.09. The number of nitrogens with zero attached hydrogens (tertiary/aromatic N) is 3. The van der Waals surface area contributed by atoms with E-state index in [1.807, 2.05) is 6.07 Å². The second kappa shape index (κ2) is 6.23. The highest BCUT2D eigenvalue weighted by atomic mass is 32.1. The van der Waals surface area contributed by atoms with Gasteiger partial charge in [-0.25, -0.2) is 4.79 Å². The van der Waals surface area contributed by atoms with Crippen molar-refractivity contribution in [1.29, 1.82) is 5.26 Å². The van der Waals surface area contributed by atoms with E-state index in [-0.39, 0.29) is 16.1 Å². The summed E-state index contributed by atoms with van der Waals surface area (Å²) in [7, 11) is 1.26. The number of nitrogens with one attached hydrogen (secondary N) is 1. The molecular weight excluding hydrogens is 294 g/mol. The van der Waals surface area contributed by atoms with E-state index in [0.717, 1.165) is 11.3 Å². The van der Waals surface area contributed by atoms with E-state index in [1.54, 1.807) is 6.92 Å². The first-order valence-corrected chi connectivity index (χ1v) is 6.82. The molecule has 0 aromatic carbocycles. The number of esters is 1. The molecule has 0 saturated carbocycles. The number of nitriles is 1. The van der Waals surface area contributed by atoms with Crippen molar-refractivity contribution < 1.29 is 14.1 Å². The molecule has 3 N–H and O–H groups in total. The third-order valence-electron chi connectivity index (χ3n) is 2.62. The molecule has 0 aliphatic rings. The van der Waals surface area contributed by atoms with Crippen LogP contribution in [0.15, 0.2) is 4.52 Å². The SMILES string of the molecule is COC(=O)c1sc(NCCc2nc(C)no2)c(C#N)c1N. The first kappa shape index (κ1) is 14.8. The zero-order chi connectivity index (χ0) is 15.4. The standard InChI is InChI=1S/C12H13N5O3S/c1-6-16-8(20-17-6)3-4-15-11-7(5-13)9(14)10(21-11)12(18)19-2/h15H,3-4,14H2,1-2H3. The predicted molar refractivity (Wildman–Crippen MR) is 76.0 cm³/mol. The van der Waals surface area contributed by atoms with Crippen LogP contribution in [0.4, 0.5) is 10.7 Å². The van der Waals surface area contributed by atoms with Crippen LogP contribution in [0.1, 0.15) is 27.0 Å². The number of nitrogens with two attached hydrogens (primary N) is 1. The Kier molecular flexibility index (Phi) is 4.39. The normalized spacial score (nSPS) is 10.1. The van der Waals surface area contributed by atoms with Gasteiger partial charge in [-0.1, -0.05) is 5.16 Å². The fraction of sp³-hybridized carbons (Fsp3) is 0.333. The van der Waals surface area contributed by atoms with Gasteiger partial charge in [-0.05, 0) is 6.92 Å². The molecule has 0 aliphatic carbocycles. The predicted octanol–water partition coefficient (Wildman–Crippen LogP) is 1.33. The van der Waals surface area contributed by atoms with Crippen LogP contribution >= 0.6 is 11.3 Å². The molecule has 0 radical (unpaired) electrons. The number of ether oxygens (including phenoxy) is 1. The molecule has 2 aromatic rings. The van der Waals surface area contributed by atoms with Crippen LogP contribution in [0, 0.1) is 18.3 Å². The Labute approximate surface area is 124 Å². The molecule has 0 spiro atoms. The molecule has 2 heterocycles. The summed E-state index contributed by atoms with van der Waals surface area (Å²) in [5, 5.41) is 16.4. The van der Waals surface area contributed by atoms with Crippen molar-refractivity contribution in [2.45, 2.75) is 13.3 Å². The number of methoxy groups -OCH3 is 1. The summed E-state index contributed by atoms with van der Waals surface area (Å²) in [6.45, 7) is 2.20. The van der Waals surface area contributed by atoms with Gasteiger partial charge in [0.2, 0.25) is 5.89 Å². The lowest BCUT2D eigenvalue weighted by Crippen LogP contribution is -2.05. The van der Waals surface area contributed by atoms with E-state index in [4.69, 9.17) is 15.5 Å². The van der Waals surface area contributed by atoms with Crippen LogP contribution in [-0.2, 0) is 11.2 Å². The number of aromatic nitrogens is 2. The smallest absolute Gasteiger partial charge is 0.350 e. The number of thiophene rings is 1. The largest absolute Gasteiger partial charge is 0.465 e. The van der Waals surface area contributed by atoms with E-state index in [1.165, 1.54) is 7.11 Å². The fourth-order valence-corrected chi connectivity index (χ4v) is 2.66. The highest BCUT2D eigenvalue weighted by molar-refractivity contribution is 7.18. The second-order valence-corrected chi connectivity index (χ2v) is 5.09. The Morgan fingerprint density at radius 3 is 2.95 bits per heavy atom. The lowest BCUT2D eigenvalue weighted by Gasteiger charge is -2.01. The molecule has 0 fully saturated rings. The number of hydrogen-bond donors (Lipinski definition) is 2. The zero-order valence-electron chi connectivity index (χ0n) is 11.5. The molecule has 110 valence electrons. The number of carbonyl (C=O) groups is 1. The minimum atomic E-state index is -0.561. The monoisotopic (exact) mass is 307 g/mol. The van der Waals surface area contributed by atoms with E-state index in [0.29, 0.717) is 29.7 Å². The van der Waals surface area contributed by atoms with Crippen molar-refractivity contribution >= 4 is 28.0 Å². The minimum absolute atomic E-state index is 0.130. The lowest BCUT2D eigenvalue weighted by molar-refractivity contribution is 0.0607. The second-order valence-electron chi connectivity index (χ2n) is 4.06. The summed E-state index contributed by atoms with van der Waals surface area (Å²) in [4.78, 5) is 15.8. The maximum absolute atomic E-state index is 11.6. The Bertz CT molecular complexity index is 700. The number of carbonyl (C=O) groups excluding carboxylic acids is 1. The van der Waals surface area contributed by atoms with Crippen LogP contribution in [0.5, 0.6) is 0 Å². The van der Waals surface area contributed by atoms with Gasteiger partial charge in [-0.3, -0.25) is 0 Å². The average molecular weight is 307 g/mol. The van der Waals surface area contributed by atoms with Crippen molar-refractivity contribution in [2.75, 3.05) is 24.7 Å². The molecule has 0 aliphatic heterocycles.